The van der Waals surface area contributed by atoms with Crippen LogP contribution >= 0.6 is 11.8 Å². The van der Waals surface area contributed by atoms with E-state index in [1.54, 1.807) is 11.8 Å². The summed E-state index contributed by atoms with van der Waals surface area (Å²) in [5.41, 5.74) is 1.21. The van der Waals surface area contributed by atoms with E-state index in [1.807, 2.05) is 0 Å². The second-order valence-electron chi connectivity index (χ2n) is 5.04. The predicted molar refractivity (Wildman–Crippen MR) is 57.6 cm³/mol. The average molecular weight is 196 g/mol. The van der Waals surface area contributed by atoms with Gasteiger partial charge in [0.1, 0.15) is 0 Å². The van der Waals surface area contributed by atoms with E-state index in [2.05, 4.69) is 45.9 Å². The van der Waals surface area contributed by atoms with Crippen molar-refractivity contribution in [2.75, 3.05) is 0 Å². The Bertz CT molecular complexity index is 311. The molecule has 72 valence electrons. The Morgan fingerprint density at radius 1 is 1.38 bits per heavy atom. The highest BCUT2D eigenvalue weighted by atomic mass is 32.2. The summed E-state index contributed by atoms with van der Waals surface area (Å²) < 4.78 is -0.0651. The minimum atomic E-state index is -0.625. The minimum absolute atomic E-state index is 0.0598. The molecule has 2 atom stereocenters. The van der Waals surface area contributed by atoms with Crippen LogP contribution in [0.2, 0.25) is 0 Å². The summed E-state index contributed by atoms with van der Waals surface area (Å²) in [5.74, 6) is 0. The fraction of sp³-hybridized carbons (Fsp3) is 0.636. The molecule has 1 aliphatic carbocycles. The maximum absolute atomic E-state index is 10.3. The molecule has 0 aromatic heterocycles. The molecule has 1 saturated heterocycles. The fourth-order valence-electron chi connectivity index (χ4n) is 1.95. The number of thioether (sulfide) groups is 1. The smallest absolute Gasteiger partial charge is 0.151 e. The monoisotopic (exact) mass is 196 g/mol. The van der Waals surface area contributed by atoms with Gasteiger partial charge in [0.15, 0.2) is 4.93 Å². The lowest BCUT2D eigenvalue weighted by Gasteiger charge is -2.29. The van der Waals surface area contributed by atoms with Gasteiger partial charge >= 0.3 is 0 Å². The van der Waals surface area contributed by atoms with E-state index in [1.165, 1.54) is 0 Å². The van der Waals surface area contributed by atoms with E-state index in [0.717, 1.165) is 5.57 Å². The zero-order valence-corrected chi connectivity index (χ0v) is 9.40. The summed E-state index contributed by atoms with van der Waals surface area (Å²) in [7, 11) is 0. The van der Waals surface area contributed by atoms with Crippen molar-refractivity contribution >= 4 is 11.8 Å². The molecule has 1 N–H and O–H groups in total. The van der Waals surface area contributed by atoms with Crippen molar-refractivity contribution in [2.24, 2.45) is 5.41 Å². The standard InChI is InChI=1S/C11H16OS/c1-9(2,3)8-6-5-7-10(4)11(8,12)13-10/h5-7,12H,1-4H3. The topological polar surface area (TPSA) is 20.2 Å². The summed E-state index contributed by atoms with van der Waals surface area (Å²) >= 11 is 1.64. The first kappa shape index (κ1) is 9.35. The Morgan fingerprint density at radius 2 is 2.00 bits per heavy atom. The van der Waals surface area contributed by atoms with Crippen molar-refractivity contribution in [1.82, 2.24) is 0 Å². The maximum atomic E-state index is 10.3. The average Bonchev–Trinajstić information content (AvgIpc) is 2.49. The Kier molecular flexibility index (Phi) is 1.61. The molecular weight excluding hydrogens is 180 g/mol. The molecule has 0 amide bonds. The second kappa shape index (κ2) is 2.23. The zero-order valence-electron chi connectivity index (χ0n) is 8.59. The molecule has 2 unspecified atom stereocenters. The van der Waals surface area contributed by atoms with Crippen molar-refractivity contribution < 1.29 is 5.11 Å². The van der Waals surface area contributed by atoms with Gasteiger partial charge in [0.2, 0.25) is 0 Å². The van der Waals surface area contributed by atoms with Crippen LogP contribution in [0.1, 0.15) is 27.7 Å². The molecule has 0 aromatic carbocycles. The third-order valence-electron chi connectivity index (χ3n) is 2.84. The van der Waals surface area contributed by atoms with Gasteiger partial charge in [0.25, 0.3) is 0 Å². The van der Waals surface area contributed by atoms with Gasteiger partial charge in [-0.1, -0.05) is 39.0 Å². The fourth-order valence-corrected chi connectivity index (χ4v) is 3.32. The summed E-state index contributed by atoms with van der Waals surface area (Å²) in [4.78, 5) is -0.625. The van der Waals surface area contributed by atoms with Crippen LogP contribution in [0, 0.1) is 5.41 Å². The molecule has 0 spiro atoms. The van der Waals surface area contributed by atoms with Gasteiger partial charge in [-0.25, -0.2) is 0 Å². The van der Waals surface area contributed by atoms with Gasteiger partial charge in [-0.3, -0.25) is 0 Å². The summed E-state index contributed by atoms with van der Waals surface area (Å²) in [5, 5.41) is 10.3. The molecule has 0 radical (unpaired) electrons. The summed E-state index contributed by atoms with van der Waals surface area (Å²) in [6, 6.07) is 0. The second-order valence-corrected chi connectivity index (χ2v) is 6.69. The number of hydrogen-bond acceptors (Lipinski definition) is 2. The quantitative estimate of drug-likeness (QED) is 0.601. The van der Waals surface area contributed by atoms with Crippen LogP contribution in [0.25, 0.3) is 0 Å². The predicted octanol–water partition coefficient (Wildman–Crippen LogP) is 2.72. The molecule has 1 aliphatic heterocycles. The lowest BCUT2D eigenvalue weighted by Crippen LogP contribution is -2.32. The highest BCUT2D eigenvalue weighted by molar-refractivity contribution is 8.09. The van der Waals surface area contributed by atoms with Gasteiger partial charge in [-0.15, -0.1) is 11.8 Å². The highest BCUT2D eigenvalue weighted by Gasteiger charge is 2.68. The van der Waals surface area contributed by atoms with Crippen LogP contribution < -0.4 is 0 Å². The molecule has 1 heterocycles. The molecule has 1 nitrogen and oxygen atoms in total. The van der Waals surface area contributed by atoms with Crippen molar-refractivity contribution in [3.05, 3.63) is 23.8 Å². The third kappa shape index (κ3) is 1.12. The SMILES string of the molecule is CC(C)(C)C1=CC=CC2(C)SC12O. The van der Waals surface area contributed by atoms with Crippen molar-refractivity contribution in [3.8, 4) is 0 Å². The Balaban J connectivity index is 2.42. The lowest BCUT2D eigenvalue weighted by atomic mass is 9.77. The van der Waals surface area contributed by atoms with Crippen LogP contribution in [0.4, 0.5) is 0 Å². The number of allylic oxidation sites excluding steroid dienone is 2. The molecule has 0 saturated carbocycles. The summed E-state index contributed by atoms with van der Waals surface area (Å²) in [6.45, 7) is 8.53. The molecular formula is C11H16OS. The Labute approximate surface area is 83.9 Å². The molecule has 13 heavy (non-hydrogen) atoms. The first-order valence-corrected chi connectivity index (χ1v) is 5.44. The minimum Gasteiger partial charge on any atom is -0.374 e. The lowest BCUT2D eigenvalue weighted by molar-refractivity contribution is 0.166. The molecule has 0 bridgehead atoms. The van der Waals surface area contributed by atoms with Crippen molar-refractivity contribution in [1.29, 1.82) is 0 Å². The van der Waals surface area contributed by atoms with Gasteiger partial charge < -0.3 is 5.11 Å². The zero-order chi connectivity index (χ0) is 9.91. The van der Waals surface area contributed by atoms with Gasteiger partial charge in [-0.05, 0) is 17.9 Å². The largest absolute Gasteiger partial charge is 0.374 e. The molecule has 1 fully saturated rings. The van der Waals surface area contributed by atoms with E-state index < -0.39 is 4.93 Å². The van der Waals surface area contributed by atoms with Gasteiger partial charge in [0, 0.05) is 0 Å². The maximum Gasteiger partial charge on any atom is 0.151 e. The van der Waals surface area contributed by atoms with E-state index in [9.17, 15) is 5.11 Å². The molecule has 2 aliphatic rings. The number of fused-ring (bicyclic) bond motifs is 1. The van der Waals surface area contributed by atoms with Crippen LogP contribution in [0.15, 0.2) is 23.8 Å². The van der Waals surface area contributed by atoms with Gasteiger partial charge in [0.05, 0.1) is 4.75 Å². The molecule has 2 heteroatoms. The van der Waals surface area contributed by atoms with Gasteiger partial charge in [-0.2, -0.15) is 0 Å². The van der Waals surface area contributed by atoms with E-state index >= 15 is 0 Å². The van der Waals surface area contributed by atoms with E-state index in [-0.39, 0.29) is 10.2 Å². The summed E-state index contributed by atoms with van der Waals surface area (Å²) in [6.07, 6.45) is 6.21. The highest BCUT2D eigenvalue weighted by Crippen LogP contribution is 2.69. The molecule has 2 rings (SSSR count). The first-order valence-electron chi connectivity index (χ1n) is 4.63. The Hall–Kier alpha value is -0.210. The van der Waals surface area contributed by atoms with E-state index in [0.29, 0.717) is 0 Å². The molecule has 0 aromatic rings. The number of hydrogen-bond donors (Lipinski definition) is 1. The van der Waals surface area contributed by atoms with Crippen LogP contribution in [-0.2, 0) is 0 Å². The van der Waals surface area contributed by atoms with Crippen LogP contribution in [0.5, 0.6) is 0 Å². The number of aliphatic hydroxyl groups is 1. The van der Waals surface area contributed by atoms with E-state index in [4.69, 9.17) is 0 Å². The normalized spacial score (nSPS) is 42.7. The van der Waals surface area contributed by atoms with Crippen molar-refractivity contribution in [2.45, 2.75) is 37.4 Å². The van der Waals surface area contributed by atoms with Crippen LogP contribution in [0.3, 0.4) is 0 Å². The van der Waals surface area contributed by atoms with Crippen LogP contribution in [-0.4, -0.2) is 14.8 Å². The number of rotatable bonds is 0. The third-order valence-corrected chi connectivity index (χ3v) is 4.43. The Morgan fingerprint density at radius 3 is 2.46 bits per heavy atom. The first-order chi connectivity index (χ1) is 5.80. The van der Waals surface area contributed by atoms with Crippen molar-refractivity contribution in [3.63, 3.8) is 0 Å².